The van der Waals surface area contributed by atoms with Crippen LogP contribution in [0.2, 0.25) is 0 Å². The fraction of sp³-hybridized carbons (Fsp3) is 0.222. The van der Waals surface area contributed by atoms with E-state index in [2.05, 4.69) is 15.9 Å². The van der Waals surface area contributed by atoms with E-state index in [1.807, 2.05) is 0 Å². The van der Waals surface area contributed by atoms with Gasteiger partial charge in [0.1, 0.15) is 0 Å². The number of hydrogen-bond acceptors (Lipinski definition) is 3. The van der Waals surface area contributed by atoms with Gasteiger partial charge in [-0.2, -0.15) is 0 Å². The van der Waals surface area contributed by atoms with Gasteiger partial charge in [0.2, 0.25) is 0 Å². The zero-order chi connectivity index (χ0) is 10.8. The van der Waals surface area contributed by atoms with E-state index in [0.29, 0.717) is 5.56 Å². The molecule has 0 saturated heterocycles. The van der Waals surface area contributed by atoms with Crippen LogP contribution < -0.4 is 5.73 Å². The van der Waals surface area contributed by atoms with Crippen molar-refractivity contribution in [3.05, 3.63) is 34.3 Å². The number of carboxylic acids is 1. The number of aliphatic hydroxyl groups is 1. The molecule has 76 valence electrons. The van der Waals surface area contributed by atoms with Crippen LogP contribution in [0, 0.1) is 0 Å². The summed E-state index contributed by atoms with van der Waals surface area (Å²) in [4.78, 5) is 10.8. The van der Waals surface area contributed by atoms with Crippen molar-refractivity contribution in [2.45, 2.75) is 5.54 Å². The lowest BCUT2D eigenvalue weighted by Gasteiger charge is -2.22. The number of rotatable bonds is 3. The summed E-state index contributed by atoms with van der Waals surface area (Å²) in [5, 5.41) is 17.8. The number of carboxylic acid groups (broad SMARTS) is 1. The largest absolute Gasteiger partial charge is 0.480 e. The highest BCUT2D eigenvalue weighted by molar-refractivity contribution is 9.10. The highest BCUT2D eigenvalue weighted by atomic mass is 79.9. The summed E-state index contributed by atoms with van der Waals surface area (Å²) in [6.45, 7) is -0.635. The summed E-state index contributed by atoms with van der Waals surface area (Å²) in [5.41, 5.74) is 4.20. The van der Waals surface area contributed by atoms with Crippen LogP contribution in [-0.4, -0.2) is 22.8 Å². The molecule has 14 heavy (non-hydrogen) atoms. The van der Waals surface area contributed by atoms with E-state index in [1.165, 1.54) is 0 Å². The Balaban J connectivity index is 3.13. The quantitative estimate of drug-likeness (QED) is 0.746. The van der Waals surface area contributed by atoms with Crippen molar-refractivity contribution in [2.75, 3.05) is 6.61 Å². The van der Waals surface area contributed by atoms with Crippen molar-refractivity contribution in [3.8, 4) is 0 Å². The van der Waals surface area contributed by atoms with Gasteiger partial charge in [-0.1, -0.05) is 28.1 Å². The predicted molar refractivity (Wildman–Crippen MR) is 54.7 cm³/mol. The van der Waals surface area contributed by atoms with Crippen molar-refractivity contribution in [1.29, 1.82) is 0 Å². The Morgan fingerprint density at radius 2 is 1.93 bits per heavy atom. The lowest BCUT2D eigenvalue weighted by Crippen LogP contribution is -2.48. The predicted octanol–water partition coefficient (Wildman–Crippen LogP) is 0.680. The average molecular weight is 260 g/mol. The van der Waals surface area contributed by atoms with E-state index in [-0.39, 0.29) is 0 Å². The molecule has 0 aliphatic rings. The van der Waals surface area contributed by atoms with Gasteiger partial charge in [-0.3, -0.25) is 0 Å². The topological polar surface area (TPSA) is 83.5 Å². The maximum atomic E-state index is 10.8. The highest BCUT2D eigenvalue weighted by Gasteiger charge is 2.35. The van der Waals surface area contributed by atoms with Crippen LogP contribution in [0.4, 0.5) is 0 Å². The number of aliphatic carboxylic acids is 1. The summed E-state index contributed by atoms with van der Waals surface area (Å²) < 4.78 is 0.826. The fourth-order valence-electron chi connectivity index (χ4n) is 1.03. The first-order valence-electron chi connectivity index (χ1n) is 3.90. The Bertz CT molecular complexity index is 338. The van der Waals surface area contributed by atoms with Crippen LogP contribution in [0.5, 0.6) is 0 Å². The molecule has 0 spiro atoms. The molecule has 0 aliphatic heterocycles. The summed E-state index contributed by atoms with van der Waals surface area (Å²) in [7, 11) is 0. The smallest absolute Gasteiger partial charge is 0.330 e. The molecule has 5 heteroatoms. The Labute approximate surface area is 89.5 Å². The molecule has 0 amide bonds. The number of benzene rings is 1. The molecule has 0 bridgehead atoms. The third kappa shape index (κ3) is 1.95. The van der Waals surface area contributed by atoms with Crippen molar-refractivity contribution < 1.29 is 15.0 Å². The van der Waals surface area contributed by atoms with Gasteiger partial charge in [0, 0.05) is 4.47 Å². The van der Waals surface area contributed by atoms with Crippen molar-refractivity contribution in [3.63, 3.8) is 0 Å². The second kappa shape index (κ2) is 4.08. The third-order valence-corrected chi connectivity index (χ3v) is 2.52. The standard InChI is InChI=1S/C9H10BrNO3/c10-7-3-1-6(2-4-7)9(11,5-12)8(13)14/h1-4,12H,5,11H2,(H,13,14). The zero-order valence-electron chi connectivity index (χ0n) is 7.27. The number of hydrogen-bond donors (Lipinski definition) is 3. The Kier molecular flexibility index (Phi) is 3.25. The van der Waals surface area contributed by atoms with Gasteiger partial charge in [-0.15, -0.1) is 0 Å². The molecule has 1 rings (SSSR count). The minimum atomic E-state index is -1.72. The SMILES string of the molecule is NC(CO)(C(=O)O)c1ccc(Br)cc1. The first-order valence-corrected chi connectivity index (χ1v) is 4.69. The monoisotopic (exact) mass is 259 g/mol. The summed E-state index contributed by atoms with van der Waals surface area (Å²) in [6.07, 6.45) is 0. The van der Waals surface area contributed by atoms with Crippen molar-refractivity contribution >= 4 is 21.9 Å². The van der Waals surface area contributed by atoms with Gasteiger partial charge in [-0.25, -0.2) is 4.79 Å². The minimum Gasteiger partial charge on any atom is -0.480 e. The maximum Gasteiger partial charge on any atom is 0.330 e. The van der Waals surface area contributed by atoms with Gasteiger partial charge in [0.05, 0.1) is 6.61 Å². The van der Waals surface area contributed by atoms with Gasteiger partial charge < -0.3 is 15.9 Å². The van der Waals surface area contributed by atoms with E-state index in [4.69, 9.17) is 15.9 Å². The van der Waals surface area contributed by atoms with Crippen LogP contribution >= 0.6 is 15.9 Å². The number of nitrogens with two attached hydrogens (primary N) is 1. The maximum absolute atomic E-state index is 10.8. The summed E-state index contributed by atoms with van der Waals surface area (Å²) >= 11 is 3.22. The molecule has 0 fully saturated rings. The Morgan fingerprint density at radius 1 is 1.43 bits per heavy atom. The molecule has 4 nitrogen and oxygen atoms in total. The zero-order valence-corrected chi connectivity index (χ0v) is 8.86. The summed E-state index contributed by atoms with van der Waals surface area (Å²) in [5.74, 6) is -1.25. The molecule has 1 aromatic carbocycles. The van der Waals surface area contributed by atoms with E-state index >= 15 is 0 Å². The van der Waals surface area contributed by atoms with Crippen LogP contribution in [0.1, 0.15) is 5.56 Å². The van der Waals surface area contributed by atoms with Crippen molar-refractivity contribution in [1.82, 2.24) is 0 Å². The Morgan fingerprint density at radius 3 is 2.29 bits per heavy atom. The number of carbonyl (C=O) groups is 1. The molecule has 1 atom stereocenters. The van der Waals surface area contributed by atoms with E-state index < -0.39 is 18.1 Å². The first kappa shape index (κ1) is 11.2. The molecule has 0 heterocycles. The number of aliphatic hydroxyl groups excluding tert-OH is 1. The van der Waals surface area contributed by atoms with Crippen LogP contribution in [0.25, 0.3) is 0 Å². The van der Waals surface area contributed by atoms with Crippen LogP contribution in [0.15, 0.2) is 28.7 Å². The second-order valence-electron chi connectivity index (χ2n) is 2.94. The molecular formula is C9H10BrNO3. The highest BCUT2D eigenvalue weighted by Crippen LogP contribution is 2.20. The van der Waals surface area contributed by atoms with E-state index in [1.54, 1.807) is 24.3 Å². The first-order chi connectivity index (χ1) is 6.50. The lowest BCUT2D eigenvalue weighted by molar-refractivity contribution is -0.145. The van der Waals surface area contributed by atoms with Gasteiger partial charge in [-0.05, 0) is 17.7 Å². The van der Waals surface area contributed by atoms with Gasteiger partial charge >= 0.3 is 5.97 Å². The normalized spacial score (nSPS) is 14.8. The van der Waals surface area contributed by atoms with Gasteiger partial charge in [0.15, 0.2) is 5.54 Å². The minimum absolute atomic E-state index is 0.371. The molecule has 0 aromatic heterocycles. The van der Waals surface area contributed by atoms with Crippen LogP contribution in [-0.2, 0) is 10.3 Å². The van der Waals surface area contributed by atoms with Gasteiger partial charge in [0.25, 0.3) is 0 Å². The Hall–Kier alpha value is -0.910. The average Bonchev–Trinajstić information content (AvgIpc) is 2.17. The summed E-state index contributed by atoms with van der Waals surface area (Å²) in [6, 6.07) is 6.48. The van der Waals surface area contributed by atoms with E-state index in [9.17, 15) is 4.79 Å². The van der Waals surface area contributed by atoms with Crippen molar-refractivity contribution in [2.24, 2.45) is 5.73 Å². The molecule has 1 aromatic rings. The molecule has 0 radical (unpaired) electrons. The van der Waals surface area contributed by atoms with Crippen LogP contribution in [0.3, 0.4) is 0 Å². The lowest BCUT2D eigenvalue weighted by atomic mass is 9.92. The third-order valence-electron chi connectivity index (χ3n) is 1.99. The molecule has 0 saturated carbocycles. The number of halogens is 1. The molecule has 0 aliphatic carbocycles. The molecular weight excluding hydrogens is 250 g/mol. The molecule has 4 N–H and O–H groups in total. The van der Waals surface area contributed by atoms with E-state index in [0.717, 1.165) is 4.47 Å². The molecule has 1 unspecified atom stereocenters. The fourth-order valence-corrected chi connectivity index (χ4v) is 1.29. The second-order valence-corrected chi connectivity index (χ2v) is 3.86.